The monoisotopic (exact) mass is 171 g/mol. The van der Waals surface area contributed by atoms with Gasteiger partial charge in [0.05, 0.1) is 0 Å². The Morgan fingerprint density at radius 3 is 2.45 bits per heavy atom. The van der Waals surface area contributed by atoms with E-state index in [1.165, 1.54) is 0 Å². The molecule has 0 bridgehead atoms. The molecule has 0 spiro atoms. The quantitative estimate of drug-likeness (QED) is 0.455. The first-order valence-corrected chi connectivity index (χ1v) is 4.02. The summed E-state index contributed by atoms with van der Waals surface area (Å²) in [6, 6.07) is 0. The van der Waals surface area contributed by atoms with Gasteiger partial charge in [-0.1, -0.05) is 25.1 Å². The molecule has 0 unspecified atom stereocenters. The summed E-state index contributed by atoms with van der Waals surface area (Å²) in [5, 5.41) is 0.549. The first-order chi connectivity index (χ1) is 5.07. The normalized spacial score (nSPS) is 13.5. The van der Waals surface area contributed by atoms with E-state index in [1.807, 2.05) is 26.8 Å². The predicted octanol–water partition coefficient (Wildman–Crippen LogP) is 3.51. The molecule has 1 nitrogen and oxygen atoms in total. The van der Waals surface area contributed by atoms with Crippen LogP contribution in [0.15, 0.2) is 28.4 Å². The summed E-state index contributed by atoms with van der Waals surface area (Å²) in [7, 11) is 0. The zero-order valence-corrected chi connectivity index (χ0v) is 8.07. The van der Waals surface area contributed by atoms with E-state index < -0.39 is 0 Å². The van der Waals surface area contributed by atoms with E-state index in [9.17, 15) is 0 Å². The van der Waals surface area contributed by atoms with Crippen molar-refractivity contribution in [3.8, 4) is 0 Å². The molecule has 0 radical (unpaired) electrons. The largest absolute Gasteiger partial charge is 0.242 e. The lowest BCUT2D eigenvalue weighted by Crippen LogP contribution is -1.90. The highest BCUT2D eigenvalue weighted by molar-refractivity contribution is 6.30. The molecule has 0 N–H and O–H groups in total. The molecule has 0 aliphatic heterocycles. The Morgan fingerprint density at radius 1 is 1.55 bits per heavy atom. The van der Waals surface area contributed by atoms with Crippen LogP contribution in [0.4, 0.5) is 0 Å². The van der Waals surface area contributed by atoms with E-state index >= 15 is 0 Å². The van der Waals surface area contributed by atoms with Gasteiger partial charge in [-0.3, -0.25) is 0 Å². The number of hydrogen-bond acceptors (Lipinski definition) is 1. The molecule has 0 saturated carbocycles. The van der Waals surface area contributed by atoms with Gasteiger partial charge in [0.25, 0.3) is 0 Å². The highest BCUT2D eigenvalue weighted by Crippen LogP contribution is 2.06. The van der Waals surface area contributed by atoms with Crippen LogP contribution in [0.25, 0.3) is 0 Å². The van der Waals surface area contributed by atoms with Gasteiger partial charge in [-0.25, -0.2) is 4.99 Å². The maximum Gasteiger partial charge on any atom is 0.125 e. The Kier molecular flexibility index (Phi) is 4.88. The molecule has 0 atom stereocenters. The molecule has 0 fully saturated rings. The number of rotatable bonds is 3. The first kappa shape index (κ1) is 10.4. The van der Waals surface area contributed by atoms with Gasteiger partial charge in [0, 0.05) is 5.71 Å². The van der Waals surface area contributed by atoms with Crippen LogP contribution in [0, 0.1) is 0 Å². The molecule has 2 heteroatoms. The lowest BCUT2D eigenvalue weighted by molar-refractivity contribution is 1.20. The van der Waals surface area contributed by atoms with E-state index in [-0.39, 0.29) is 0 Å². The summed E-state index contributed by atoms with van der Waals surface area (Å²) in [4.78, 5) is 4.11. The summed E-state index contributed by atoms with van der Waals surface area (Å²) in [5.74, 6) is 0. The zero-order valence-electron chi connectivity index (χ0n) is 7.32. The average molecular weight is 172 g/mol. The highest BCUT2D eigenvalue weighted by Gasteiger charge is 1.91. The van der Waals surface area contributed by atoms with Crippen LogP contribution in [-0.2, 0) is 0 Å². The van der Waals surface area contributed by atoms with Crippen LogP contribution in [0.5, 0.6) is 0 Å². The molecule has 0 aliphatic rings. The molecule has 11 heavy (non-hydrogen) atoms. The summed E-state index contributed by atoms with van der Waals surface area (Å²) in [6.45, 7) is 9.58. The van der Waals surface area contributed by atoms with Gasteiger partial charge in [-0.15, -0.1) is 0 Å². The van der Waals surface area contributed by atoms with Crippen molar-refractivity contribution in [3.05, 3.63) is 23.4 Å². The second-order valence-corrected chi connectivity index (χ2v) is 2.80. The van der Waals surface area contributed by atoms with Gasteiger partial charge in [0.1, 0.15) is 5.16 Å². The fraction of sp³-hybridized carbons (Fsp3) is 0.444. The van der Waals surface area contributed by atoms with Crippen molar-refractivity contribution in [3.63, 3.8) is 0 Å². The summed E-state index contributed by atoms with van der Waals surface area (Å²) < 4.78 is 0. The zero-order chi connectivity index (χ0) is 8.85. The van der Waals surface area contributed by atoms with Gasteiger partial charge in [0.2, 0.25) is 0 Å². The standard InChI is InChI=1S/C9H14ClN/c1-5-6-9(10)11-8(4)7(2)3/h6H,2,5H2,1,3-4H3/b9-6-,11-8-. The van der Waals surface area contributed by atoms with Crippen LogP contribution in [-0.4, -0.2) is 5.71 Å². The molecular formula is C9H14ClN. The molecule has 0 amide bonds. The molecule has 0 rings (SSSR count). The summed E-state index contributed by atoms with van der Waals surface area (Å²) in [6.07, 6.45) is 2.78. The Morgan fingerprint density at radius 2 is 2.09 bits per heavy atom. The van der Waals surface area contributed by atoms with E-state index in [2.05, 4.69) is 11.6 Å². The summed E-state index contributed by atoms with van der Waals surface area (Å²) >= 11 is 5.75. The van der Waals surface area contributed by atoms with Crippen LogP contribution >= 0.6 is 11.6 Å². The average Bonchev–Trinajstić information content (AvgIpc) is 1.87. The fourth-order valence-electron chi connectivity index (χ4n) is 0.470. The van der Waals surface area contributed by atoms with Crippen molar-refractivity contribution in [2.75, 3.05) is 0 Å². The number of nitrogens with zero attached hydrogens (tertiary/aromatic N) is 1. The minimum atomic E-state index is 0.549. The molecule has 62 valence electrons. The third-order valence-corrected chi connectivity index (χ3v) is 1.50. The molecule has 0 aliphatic carbocycles. The highest BCUT2D eigenvalue weighted by atomic mass is 35.5. The minimum absolute atomic E-state index is 0.549. The first-order valence-electron chi connectivity index (χ1n) is 3.64. The lowest BCUT2D eigenvalue weighted by atomic mass is 10.2. The molecular weight excluding hydrogens is 158 g/mol. The van der Waals surface area contributed by atoms with E-state index in [1.54, 1.807) is 0 Å². The third-order valence-electron chi connectivity index (χ3n) is 1.26. The van der Waals surface area contributed by atoms with Gasteiger partial charge in [-0.2, -0.15) is 0 Å². The van der Waals surface area contributed by atoms with Crippen molar-refractivity contribution in [1.29, 1.82) is 0 Å². The molecule has 0 aromatic heterocycles. The maximum atomic E-state index is 5.75. The third kappa shape index (κ3) is 4.79. The van der Waals surface area contributed by atoms with Gasteiger partial charge in [-0.05, 0) is 31.9 Å². The van der Waals surface area contributed by atoms with E-state index in [0.717, 1.165) is 17.7 Å². The van der Waals surface area contributed by atoms with E-state index in [0.29, 0.717) is 5.16 Å². The lowest BCUT2D eigenvalue weighted by Gasteiger charge is -1.96. The van der Waals surface area contributed by atoms with Crippen molar-refractivity contribution < 1.29 is 0 Å². The second kappa shape index (κ2) is 5.14. The van der Waals surface area contributed by atoms with Gasteiger partial charge in [0.15, 0.2) is 0 Å². The van der Waals surface area contributed by atoms with Gasteiger partial charge >= 0.3 is 0 Å². The topological polar surface area (TPSA) is 12.4 Å². The molecule has 0 aromatic carbocycles. The fourth-order valence-corrected chi connectivity index (χ4v) is 0.751. The van der Waals surface area contributed by atoms with Crippen molar-refractivity contribution in [2.45, 2.75) is 27.2 Å². The number of halogens is 1. The molecule has 0 saturated heterocycles. The minimum Gasteiger partial charge on any atom is -0.242 e. The van der Waals surface area contributed by atoms with Crippen LogP contribution in [0.2, 0.25) is 0 Å². The Balaban J connectivity index is 4.30. The Labute approximate surface area is 73.5 Å². The SMILES string of the molecule is C=C(C)/C(C)=N\C(Cl)=C/CC. The molecule has 0 aromatic rings. The van der Waals surface area contributed by atoms with Crippen LogP contribution in [0.3, 0.4) is 0 Å². The maximum absolute atomic E-state index is 5.75. The van der Waals surface area contributed by atoms with Crippen LogP contribution < -0.4 is 0 Å². The van der Waals surface area contributed by atoms with Crippen molar-refractivity contribution in [1.82, 2.24) is 0 Å². The van der Waals surface area contributed by atoms with E-state index in [4.69, 9.17) is 11.6 Å². The van der Waals surface area contributed by atoms with Crippen molar-refractivity contribution >= 4 is 17.3 Å². The van der Waals surface area contributed by atoms with Gasteiger partial charge < -0.3 is 0 Å². The summed E-state index contributed by atoms with van der Waals surface area (Å²) in [5.41, 5.74) is 1.84. The van der Waals surface area contributed by atoms with Crippen LogP contribution in [0.1, 0.15) is 27.2 Å². The number of hydrogen-bond donors (Lipinski definition) is 0. The number of allylic oxidation sites excluding steroid dienone is 2. The predicted molar refractivity (Wildman–Crippen MR) is 52.2 cm³/mol. The smallest absolute Gasteiger partial charge is 0.125 e. The second-order valence-electron chi connectivity index (χ2n) is 2.41. The number of aliphatic imine (C=N–C) groups is 1. The molecule has 0 heterocycles. The Bertz CT molecular complexity index is 202. The van der Waals surface area contributed by atoms with Crippen molar-refractivity contribution in [2.24, 2.45) is 4.99 Å². The Hall–Kier alpha value is -0.560.